The molecule has 1 heterocycles. The minimum absolute atomic E-state index is 0.00635. The highest BCUT2D eigenvalue weighted by atomic mass is 32.2. The van der Waals surface area contributed by atoms with Crippen LogP contribution in [0, 0.1) is 6.92 Å². The Kier molecular flexibility index (Phi) is 6.46. The number of aryl methyl sites for hydroxylation is 1. The van der Waals surface area contributed by atoms with Crippen LogP contribution in [-0.2, 0) is 15.6 Å². The third kappa shape index (κ3) is 6.27. The minimum atomic E-state index is -3.06. The number of hydrogen-bond acceptors (Lipinski definition) is 7. The van der Waals surface area contributed by atoms with Crippen molar-refractivity contribution in [3.8, 4) is 0 Å². The fourth-order valence-corrected chi connectivity index (χ4v) is 3.70. The Labute approximate surface area is 170 Å². The summed E-state index contributed by atoms with van der Waals surface area (Å²) in [6.45, 7) is 2.29. The van der Waals surface area contributed by atoms with Gasteiger partial charge in [-0.15, -0.1) is 0 Å². The number of anilines is 3. The van der Waals surface area contributed by atoms with E-state index in [0.717, 1.165) is 22.4 Å². The van der Waals surface area contributed by atoms with Crippen LogP contribution in [0.5, 0.6) is 0 Å². The van der Waals surface area contributed by atoms with Crippen LogP contribution in [0.15, 0.2) is 60.8 Å². The first-order chi connectivity index (χ1) is 13.8. The molecule has 3 aromatic rings. The number of nitrogens with zero attached hydrogens (tertiary/aromatic N) is 2. The molecular formula is C21H24N4O3S. The molecule has 7 nitrogen and oxygen atoms in total. The van der Waals surface area contributed by atoms with Crippen molar-refractivity contribution >= 4 is 27.3 Å². The van der Waals surface area contributed by atoms with Gasteiger partial charge in [0.2, 0.25) is 5.95 Å². The molecule has 1 unspecified atom stereocenters. The molecule has 1 aromatic heterocycles. The largest absolute Gasteiger partial charge is 0.387 e. The van der Waals surface area contributed by atoms with Crippen LogP contribution in [0.2, 0.25) is 0 Å². The normalized spacial score (nSPS) is 12.4. The predicted molar refractivity (Wildman–Crippen MR) is 115 cm³/mol. The number of rotatable bonds is 8. The second-order valence-corrected chi connectivity index (χ2v) is 9.05. The molecule has 0 amide bonds. The minimum Gasteiger partial charge on any atom is -0.387 e. The van der Waals surface area contributed by atoms with Crippen LogP contribution in [0.3, 0.4) is 0 Å². The molecule has 0 saturated heterocycles. The van der Waals surface area contributed by atoms with Crippen molar-refractivity contribution in [3.63, 3.8) is 0 Å². The van der Waals surface area contributed by atoms with E-state index >= 15 is 0 Å². The third-order valence-corrected chi connectivity index (χ3v) is 5.18. The van der Waals surface area contributed by atoms with Crippen LogP contribution in [0.25, 0.3) is 0 Å². The zero-order valence-corrected chi connectivity index (χ0v) is 17.1. The van der Waals surface area contributed by atoms with E-state index in [0.29, 0.717) is 18.3 Å². The van der Waals surface area contributed by atoms with Crippen LogP contribution in [-0.4, -0.2) is 36.3 Å². The predicted octanol–water partition coefficient (Wildman–Crippen LogP) is 3.22. The monoisotopic (exact) mass is 412 g/mol. The standard InChI is InChI=1S/C21H24N4O3S/c1-15-5-3-4-6-18(15)19(26)13-23-20-11-12-22-21(25-20)24-17-9-7-16(8-10-17)14-29(2,27)28/h3-12,19,26H,13-14H2,1-2H3,(H2,22,23,24,25). The number of nitrogens with one attached hydrogen (secondary N) is 2. The summed E-state index contributed by atoms with van der Waals surface area (Å²) in [5, 5.41) is 16.6. The molecule has 0 bridgehead atoms. The third-order valence-electron chi connectivity index (χ3n) is 4.32. The van der Waals surface area contributed by atoms with Gasteiger partial charge in [-0.2, -0.15) is 4.98 Å². The molecule has 0 spiro atoms. The molecule has 2 aromatic carbocycles. The second kappa shape index (κ2) is 9.02. The van der Waals surface area contributed by atoms with E-state index in [9.17, 15) is 13.5 Å². The molecule has 29 heavy (non-hydrogen) atoms. The quantitative estimate of drug-likeness (QED) is 0.522. The first-order valence-electron chi connectivity index (χ1n) is 9.14. The number of aliphatic hydroxyl groups is 1. The maximum atomic E-state index is 11.4. The van der Waals surface area contributed by atoms with E-state index in [1.165, 1.54) is 6.26 Å². The van der Waals surface area contributed by atoms with Gasteiger partial charge in [0.25, 0.3) is 0 Å². The highest BCUT2D eigenvalue weighted by Crippen LogP contribution is 2.19. The maximum absolute atomic E-state index is 11.4. The summed E-state index contributed by atoms with van der Waals surface area (Å²) in [5.74, 6) is 0.993. The van der Waals surface area contributed by atoms with Crippen LogP contribution in [0.4, 0.5) is 17.5 Å². The fourth-order valence-electron chi connectivity index (χ4n) is 2.91. The number of aliphatic hydroxyl groups excluding tert-OH is 1. The number of sulfone groups is 1. The average molecular weight is 413 g/mol. The van der Waals surface area contributed by atoms with Gasteiger partial charge in [-0.25, -0.2) is 13.4 Å². The van der Waals surface area contributed by atoms with E-state index in [4.69, 9.17) is 0 Å². The zero-order valence-electron chi connectivity index (χ0n) is 16.3. The first-order valence-corrected chi connectivity index (χ1v) is 11.2. The van der Waals surface area contributed by atoms with Crippen molar-refractivity contribution in [1.82, 2.24) is 9.97 Å². The van der Waals surface area contributed by atoms with Crippen molar-refractivity contribution < 1.29 is 13.5 Å². The first kappa shape index (κ1) is 20.8. The summed E-state index contributed by atoms with van der Waals surface area (Å²) in [6, 6.07) is 16.5. The summed E-state index contributed by atoms with van der Waals surface area (Å²) < 4.78 is 22.7. The van der Waals surface area contributed by atoms with Gasteiger partial charge < -0.3 is 15.7 Å². The number of aromatic nitrogens is 2. The van der Waals surface area contributed by atoms with Crippen molar-refractivity contribution in [2.75, 3.05) is 23.4 Å². The van der Waals surface area contributed by atoms with E-state index < -0.39 is 15.9 Å². The van der Waals surface area contributed by atoms with E-state index in [1.807, 2.05) is 31.2 Å². The Morgan fingerprint density at radius 3 is 2.48 bits per heavy atom. The van der Waals surface area contributed by atoms with Crippen LogP contribution in [0.1, 0.15) is 22.8 Å². The lowest BCUT2D eigenvalue weighted by atomic mass is 10.0. The van der Waals surface area contributed by atoms with E-state index in [1.54, 1.807) is 36.5 Å². The SMILES string of the molecule is Cc1ccccc1C(O)CNc1ccnc(Nc2ccc(CS(C)(=O)=O)cc2)n1. The molecule has 0 aliphatic rings. The Hall–Kier alpha value is -2.97. The van der Waals surface area contributed by atoms with Gasteiger partial charge in [0, 0.05) is 24.7 Å². The van der Waals surface area contributed by atoms with Crippen LogP contribution < -0.4 is 10.6 Å². The van der Waals surface area contributed by atoms with Crippen LogP contribution >= 0.6 is 0 Å². The highest BCUT2D eigenvalue weighted by molar-refractivity contribution is 7.89. The molecule has 0 aliphatic carbocycles. The Balaban J connectivity index is 1.61. The molecule has 3 N–H and O–H groups in total. The molecule has 0 fully saturated rings. The zero-order chi connectivity index (χ0) is 20.9. The molecule has 0 saturated carbocycles. The summed E-state index contributed by atoms with van der Waals surface area (Å²) in [4.78, 5) is 8.59. The Morgan fingerprint density at radius 1 is 1.07 bits per heavy atom. The van der Waals surface area contributed by atoms with Crippen molar-refractivity contribution in [3.05, 3.63) is 77.5 Å². The molecule has 0 radical (unpaired) electrons. The van der Waals surface area contributed by atoms with E-state index in [2.05, 4.69) is 20.6 Å². The Bertz CT molecular complexity index is 1070. The van der Waals surface area contributed by atoms with Crippen molar-refractivity contribution in [2.45, 2.75) is 18.8 Å². The molecule has 8 heteroatoms. The molecular weight excluding hydrogens is 388 g/mol. The smallest absolute Gasteiger partial charge is 0.229 e. The fraction of sp³-hybridized carbons (Fsp3) is 0.238. The molecule has 1 atom stereocenters. The highest BCUT2D eigenvalue weighted by Gasteiger charge is 2.10. The number of benzene rings is 2. The summed E-state index contributed by atoms with van der Waals surface area (Å²) >= 11 is 0. The summed E-state index contributed by atoms with van der Waals surface area (Å²) in [6.07, 6.45) is 2.18. The van der Waals surface area contributed by atoms with Gasteiger partial charge >= 0.3 is 0 Å². The lowest BCUT2D eigenvalue weighted by molar-refractivity contribution is 0.191. The van der Waals surface area contributed by atoms with Crippen molar-refractivity contribution in [2.24, 2.45) is 0 Å². The van der Waals surface area contributed by atoms with Gasteiger partial charge in [0.05, 0.1) is 11.9 Å². The van der Waals surface area contributed by atoms with Crippen molar-refractivity contribution in [1.29, 1.82) is 0 Å². The Morgan fingerprint density at radius 2 is 1.79 bits per heavy atom. The molecule has 0 aliphatic heterocycles. The topological polar surface area (TPSA) is 104 Å². The van der Waals surface area contributed by atoms with Gasteiger partial charge in [0.15, 0.2) is 9.84 Å². The molecule has 3 rings (SSSR count). The average Bonchev–Trinajstić information content (AvgIpc) is 2.67. The number of hydrogen-bond donors (Lipinski definition) is 3. The summed E-state index contributed by atoms with van der Waals surface area (Å²) in [5.41, 5.74) is 3.38. The van der Waals surface area contributed by atoms with Gasteiger partial charge in [-0.05, 0) is 41.8 Å². The second-order valence-electron chi connectivity index (χ2n) is 6.91. The lowest BCUT2D eigenvalue weighted by Gasteiger charge is -2.15. The van der Waals surface area contributed by atoms with E-state index in [-0.39, 0.29) is 5.75 Å². The van der Waals surface area contributed by atoms with Gasteiger partial charge in [-0.1, -0.05) is 36.4 Å². The maximum Gasteiger partial charge on any atom is 0.229 e. The lowest BCUT2D eigenvalue weighted by Crippen LogP contribution is -2.14. The summed E-state index contributed by atoms with van der Waals surface area (Å²) in [7, 11) is -3.06. The van der Waals surface area contributed by atoms with Gasteiger partial charge in [0.1, 0.15) is 5.82 Å². The molecule has 152 valence electrons. The van der Waals surface area contributed by atoms with Gasteiger partial charge in [-0.3, -0.25) is 0 Å².